The second-order valence-corrected chi connectivity index (χ2v) is 5.79. The number of halogens is 2. The molecule has 3 nitrogen and oxygen atoms in total. The van der Waals surface area contributed by atoms with E-state index in [0.717, 1.165) is 21.8 Å². The van der Waals surface area contributed by atoms with Gasteiger partial charge in [-0.3, -0.25) is 4.79 Å². The van der Waals surface area contributed by atoms with Crippen molar-refractivity contribution in [1.82, 2.24) is 5.32 Å². The Balaban J connectivity index is 2.53. The Morgan fingerprint density at radius 3 is 2.53 bits per heavy atom. The maximum absolute atomic E-state index is 12.1. The van der Waals surface area contributed by atoms with Crippen LogP contribution in [0.2, 0.25) is 0 Å². The van der Waals surface area contributed by atoms with Gasteiger partial charge in [-0.15, -0.1) is 0 Å². The van der Waals surface area contributed by atoms with Gasteiger partial charge >= 0.3 is 0 Å². The van der Waals surface area contributed by atoms with Crippen LogP contribution < -0.4 is 10.1 Å². The Labute approximate surface area is 117 Å². The molecule has 0 bridgehead atoms. The van der Waals surface area contributed by atoms with Crippen molar-refractivity contribution in [3.8, 4) is 5.75 Å². The van der Waals surface area contributed by atoms with E-state index in [0.29, 0.717) is 11.3 Å². The summed E-state index contributed by atoms with van der Waals surface area (Å²) in [4.78, 5) is 12.1. The number of nitrogens with one attached hydrogen (secondary N) is 1. The summed E-state index contributed by atoms with van der Waals surface area (Å²) < 4.78 is 7.62. The third-order valence-electron chi connectivity index (χ3n) is 3.03. The molecule has 92 valence electrons. The minimum absolute atomic E-state index is 0.0862. The van der Waals surface area contributed by atoms with Crippen LogP contribution in [-0.2, 0) is 0 Å². The van der Waals surface area contributed by atoms with E-state index >= 15 is 0 Å². The average Bonchev–Trinajstić information content (AvgIpc) is 2.30. The van der Waals surface area contributed by atoms with E-state index in [-0.39, 0.29) is 5.91 Å². The van der Waals surface area contributed by atoms with E-state index < -0.39 is 5.72 Å². The lowest BCUT2D eigenvalue weighted by molar-refractivity contribution is 0.0120. The molecule has 1 heterocycles. The molecule has 1 aromatic rings. The van der Waals surface area contributed by atoms with Crippen LogP contribution in [0.25, 0.3) is 0 Å². The van der Waals surface area contributed by atoms with E-state index in [9.17, 15) is 4.79 Å². The highest BCUT2D eigenvalue weighted by Crippen LogP contribution is 2.38. The molecule has 0 fully saturated rings. The first-order valence-corrected chi connectivity index (χ1v) is 7.10. The number of rotatable bonds is 2. The van der Waals surface area contributed by atoms with Crippen molar-refractivity contribution in [1.29, 1.82) is 0 Å². The van der Waals surface area contributed by atoms with E-state index in [1.807, 2.05) is 19.9 Å². The second kappa shape index (κ2) is 4.61. The first kappa shape index (κ1) is 12.9. The number of hydrogen-bond donors (Lipinski definition) is 1. The fourth-order valence-corrected chi connectivity index (χ4v) is 3.21. The van der Waals surface area contributed by atoms with Gasteiger partial charge in [-0.2, -0.15) is 0 Å². The van der Waals surface area contributed by atoms with Crippen LogP contribution in [0.3, 0.4) is 0 Å². The molecule has 1 aromatic carbocycles. The highest BCUT2D eigenvalue weighted by Gasteiger charge is 2.37. The first-order chi connectivity index (χ1) is 8.01. The second-order valence-electron chi connectivity index (χ2n) is 4.02. The van der Waals surface area contributed by atoms with Gasteiger partial charge in [0.1, 0.15) is 5.75 Å². The van der Waals surface area contributed by atoms with Crippen molar-refractivity contribution in [3.63, 3.8) is 0 Å². The zero-order valence-electron chi connectivity index (χ0n) is 9.64. The van der Waals surface area contributed by atoms with E-state index in [4.69, 9.17) is 4.74 Å². The quantitative estimate of drug-likeness (QED) is 0.867. The van der Waals surface area contributed by atoms with Crippen LogP contribution >= 0.6 is 31.9 Å². The topological polar surface area (TPSA) is 38.3 Å². The molecule has 0 saturated heterocycles. The molecule has 1 amide bonds. The zero-order chi connectivity index (χ0) is 12.6. The van der Waals surface area contributed by atoms with Gasteiger partial charge in [0.05, 0.1) is 10.0 Å². The summed E-state index contributed by atoms with van der Waals surface area (Å²) >= 11 is 6.80. The first-order valence-electron chi connectivity index (χ1n) is 5.52. The van der Waals surface area contributed by atoms with Gasteiger partial charge in [0.25, 0.3) is 5.91 Å². The van der Waals surface area contributed by atoms with Crippen LogP contribution in [-0.4, -0.2) is 11.6 Å². The molecule has 5 heteroatoms. The van der Waals surface area contributed by atoms with Crippen molar-refractivity contribution >= 4 is 37.8 Å². The molecule has 0 atom stereocenters. The van der Waals surface area contributed by atoms with Crippen LogP contribution in [0.4, 0.5) is 0 Å². The maximum atomic E-state index is 12.1. The molecule has 17 heavy (non-hydrogen) atoms. The number of benzene rings is 1. The normalized spacial score (nSPS) is 17.1. The monoisotopic (exact) mass is 361 g/mol. The summed E-state index contributed by atoms with van der Waals surface area (Å²) in [7, 11) is 0. The Morgan fingerprint density at radius 2 is 1.94 bits per heavy atom. The predicted molar refractivity (Wildman–Crippen MR) is 73.2 cm³/mol. The molecular weight excluding hydrogens is 350 g/mol. The summed E-state index contributed by atoms with van der Waals surface area (Å²) in [5.41, 5.74) is -0.0239. The fourth-order valence-electron chi connectivity index (χ4n) is 1.90. The maximum Gasteiger partial charge on any atom is 0.258 e. The molecule has 1 N–H and O–H groups in total. The van der Waals surface area contributed by atoms with Crippen molar-refractivity contribution in [2.45, 2.75) is 32.4 Å². The van der Waals surface area contributed by atoms with E-state index in [1.54, 1.807) is 6.07 Å². The van der Waals surface area contributed by atoms with E-state index in [1.165, 1.54) is 0 Å². The Kier molecular flexibility index (Phi) is 3.50. The van der Waals surface area contributed by atoms with Crippen molar-refractivity contribution in [2.75, 3.05) is 0 Å². The number of ether oxygens (including phenoxy) is 1. The number of carbonyl (C=O) groups excluding carboxylic acids is 1. The largest absolute Gasteiger partial charge is 0.466 e. The van der Waals surface area contributed by atoms with Crippen LogP contribution in [0.5, 0.6) is 5.75 Å². The summed E-state index contributed by atoms with van der Waals surface area (Å²) in [5, 5.41) is 2.94. The molecule has 1 aliphatic heterocycles. The SMILES string of the molecule is CCC1(CC)NC(=O)c2cc(Br)cc(Br)c2O1. The molecule has 0 spiro atoms. The van der Waals surface area contributed by atoms with Gasteiger partial charge in [-0.1, -0.05) is 29.8 Å². The van der Waals surface area contributed by atoms with Crippen molar-refractivity contribution < 1.29 is 9.53 Å². The molecule has 0 aromatic heterocycles. The third kappa shape index (κ3) is 2.22. The number of carbonyl (C=O) groups is 1. The molecule has 0 radical (unpaired) electrons. The smallest absolute Gasteiger partial charge is 0.258 e. The summed E-state index contributed by atoms with van der Waals surface area (Å²) in [6.07, 6.45) is 1.47. The Bertz CT molecular complexity index is 470. The summed E-state index contributed by atoms with van der Waals surface area (Å²) in [6.45, 7) is 4.00. The van der Waals surface area contributed by atoms with Crippen LogP contribution in [0.15, 0.2) is 21.1 Å². The summed E-state index contributed by atoms with van der Waals surface area (Å²) in [6, 6.07) is 3.65. The zero-order valence-corrected chi connectivity index (χ0v) is 12.8. The Morgan fingerprint density at radius 1 is 1.29 bits per heavy atom. The van der Waals surface area contributed by atoms with Gasteiger partial charge in [0.2, 0.25) is 0 Å². The van der Waals surface area contributed by atoms with Gasteiger partial charge in [0, 0.05) is 17.3 Å². The van der Waals surface area contributed by atoms with Crippen molar-refractivity contribution in [3.05, 3.63) is 26.6 Å². The molecule has 0 aliphatic carbocycles. The molecular formula is C12H13Br2NO2. The average molecular weight is 363 g/mol. The van der Waals surface area contributed by atoms with Crippen LogP contribution in [0.1, 0.15) is 37.0 Å². The lowest BCUT2D eigenvalue weighted by atomic mass is 10.0. The van der Waals surface area contributed by atoms with Crippen LogP contribution in [0, 0.1) is 0 Å². The standard InChI is InChI=1S/C12H13Br2NO2/c1-3-12(4-2)15-11(16)8-5-7(13)6-9(14)10(8)17-12/h5-6H,3-4H2,1-2H3,(H,15,16). The number of fused-ring (bicyclic) bond motifs is 1. The molecule has 2 rings (SSSR count). The molecule has 0 unspecified atom stereocenters. The lowest BCUT2D eigenvalue weighted by Gasteiger charge is -2.38. The van der Waals surface area contributed by atoms with Gasteiger partial charge in [-0.25, -0.2) is 0 Å². The van der Waals surface area contributed by atoms with Gasteiger partial charge in [-0.05, 0) is 28.1 Å². The predicted octanol–water partition coefficient (Wildman–Crippen LogP) is 3.85. The number of hydrogen-bond acceptors (Lipinski definition) is 2. The number of amides is 1. The molecule has 0 saturated carbocycles. The lowest BCUT2D eigenvalue weighted by Crippen LogP contribution is -2.55. The highest BCUT2D eigenvalue weighted by molar-refractivity contribution is 9.11. The van der Waals surface area contributed by atoms with Crippen molar-refractivity contribution in [2.24, 2.45) is 0 Å². The highest BCUT2D eigenvalue weighted by atomic mass is 79.9. The minimum Gasteiger partial charge on any atom is -0.466 e. The summed E-state index contributed by atoms with van der Waals surface area (Å²) in [5.74, 6) is 0.539. The third-order valence-corrected chi connectivity index (χ3v) is 4.08. The minimum atomic E-state index is -0.583. The van der Waals surface area contributed by atoms with Gasteiger partial charge < -0.3 is 10.1 Å². The Hall–Kier alpha value is -0.550. The fraction of sp³-hybridized carbons (Fsp3) is 0.417. The van der Waals surface area contributed by atoms with Gasteiger partial charge in [0.15, 0.2) is 5.72 Å². The van der Waals surface area contributed by atoms with E-state index in [2.05, 4.69) is 37.2 Å². The molecule has 1 aliphatic rings.